The van der Waals surface area contributed by atoms with Crippen LogP contribution in [-0.2, 0) is 0 Å². The highest BCUT2D eigenvalue weighted by atomic mass is 32.1. The Kier molecular flexibility index (Phi) is 2.38. The number of hydrogen-bond donors (Lipinski definition) is 2. The minimum atomic E-state index is 0.453. The fourth-order valence-corrected chi connectivity index (χ4v) is 1.13. The highest BCUT2D eigenvalue weighted by Gasteiger charge is 2.07. The van der Waals surface area contributed by atoms with E-state index in [2.05, 4.69) is 29.5 Å². The van der Waals surface area contributed by atoms with Crippen LogP contribution in [0.25, 0.3) is 0 Å². The van der Waals surface area contributed by atoms with Gasteiger partial charge in [-0.05, 0) is 12.7 Å². The molecule has 0 aromatic carbocycles. The summed E-state index contributed by atoms with van der Waals surface area (Å²) in [5.74, 6) is 1.31. The topological polar surface area (TPSA) is 28.7 Å². The molecule has 1 aromatic rings. The van der Waals surface area contributed by atoms with Crippen LogP contribution in [0.3, 0.4) is 0 Å². The quantitative estimate of drug-likeness (QED) is 0.627. The number of rotatable bonds is 2. The molecule has 1 atom stereocenters. The largest absolute Gasteiger partial charge is 0.348 e. The molecule has 0 amide bonds. The lowest BCUT2D eigenvalue weighted by atomic mass is 10.1. The van der Waals surface area contributed by atoms with Gasteiger partial charge >= 0.3 is 0 Å². The Balaban J connectivity index is 2.82. The first-order chi connectivity index (χ1) is 4.75. The Morgan fingerprint density at radius 3 is 2.90 bits per heavy atom. The maximum atomic E-state index is 4.20. The van der Waals surface area contributed by atoms with Gasteiger partial charge in [0.15, 0.2) is 0 Å². The lowest BCUT2D eigenvalue weighted by Gasteiger charge is -2.03. The number of aromatic nitrogens is 2. The Hall–Kier alpha value is -0.440. The van der Waals surface area contributed by atoms with Crippen LogP contribution in [0.4, 0.5) is 0 Å². The van der Waals surface area contributed by atoms with Crippen molar-refractivity contribution in [2.75, 3.05) is 5.75 Å². The summed E-state index contributed by atoms with van der Waals surface area (Å²) in [6, 6.07) is 0. The molecule has 56 valence electrons. The highest BCUT2D eigenvalue weighted by molar-refractivity contribution is 7.80. The highest BCUT2D eigenvalue weighted by Crippen LogP contribution is 2.15. The summed E-state index contributed by atoms with van der Waals surface area (Å²) >= 11 is 4.20. The van der Waals surface area contributed by atoms with Crippen LogP contribution in [0.5, 0.6) is 0 Å². The van der Waals surface area contributed by atoms with E-state index in [1.54, 1.807) is 6.33 Å². The summed E-state index contributed by atoms with van der Waals surface area (Å²) < 4.78 is 0. The van der Waals surface area contributed by atoms with E-state index in [0.717, 1.165) is 17.1 Å². The second-order valence-corrected chi connectivity index (χ2v) is 2.86. The zero-order valence-electron chi connectivity index (χ0n) is 6.26. The monoisotopic (exact) mass is 156 g/mol. The van der Waals surface area contributed by atoms with Crippen LogP contribution in [0, 0.1) is 6.92 Å². The van der Waals surface area contributed by atoms with Gasteiger partial charge in [-0.25, -0.2) is 4.98 Å². The van der Waals surface area contributed by atoms with Crippen LogP contribution in [-0.4, -0.2) is 15.7 Å². The van der Waals surface area contributed by atoms with E-state index < -0.39 is 0 Å². The van der Waals surface area contributed by atoms with Crippen molar-refractivity contribution in [3.8, 4) is 0 Å². The van der Waals surface area contributed by atoms with E-state index in [1.165, 1.54) is 0 Å². The van der Waals surface area contributed by atoms with E-state index in [9.17, 15) is 0 Å². The first-order valence-electron chi connectivity index (χ1n) is 3.36. The fourth-order valence-electron chi connectivity index (χ4n) is 0.953. The molecule has 1 N–H and O–H groups in total. The second-order valence-electron chi connectivity index (χ2n) is 2.50. The van der Waals surface area contributed by atoms with Gasteiger partial charge in [0.1, 0.15) is 0 Å². The number of imidazole rings is 1. The molecule has 0 aliphatic carbocycles. The van der Waals surface area contributed by atoms with Crippen LogP contribution in [0.1, 0.15) is 24.2 Å². The van der Waals surface area contributed by atoms with Gasteiger partial charge in [-0.1, -0.05) is 6.92 Å². The zero-order valence-corrected chi connectivity index (χ0v) is 7.15. The van der Waals surface area contributed by atoms with Gasteiger partial charge < -0.3 is 4.98 Å². The Labute approximate surface area is 66.5 Å². The third-order valence-corrected chi connectivity index (χ3v) is 2.16. The van der Waals surface area contributed by atoms with Gasteiger partial charge in [-0.3, -0.25) is 0 Å². The van der Waals surface area contributed by atoms with Crippen LogP contribution in [0.2, 0.25) is 0 Å². The summed E-state index contributed by atoms with van der Waals surface area (Å²) in [5, 5.41) is 0. The van der Waals surface area contributed by atoms with Crippen molar-refractivity contribution < 1.29 is 0 Å². The van der Waals surface area contributed by atoms with E-state index in [4.69, 9.17) is 0 Å². The van der Waals surface area contributed by atoms with E-state index >= 15 is 0 Å². The summed E-state index contributed by atoms with van der Waals surface area (Å²) in [6.45, 7) is 4.15. The third-order valence-electron chi connectivity index (χ3n) is 1.61. The summed E-state index contributed by atoms with van der Waals surface area (Å²) in [5.41, 5.74) is 2.29. The molecule has 1 rings (SSSR count). The first kappa shape index (κ1) is 7.66. The average molecular weight is 156 g/mol. The van der Waals surface area contributed by atoms with Gasteiger partial charge in [0, 0.05) is 11.6 Å². The first-order valence-corrected chi connectivity index (χ1v) is 3.99. The smallest absolute Gasteiger partial charge is 0.0925 e. The number of nitrogens with one attached hydrogen (secondary N) is 1. The van der Waals surface area contributed by atoms with Crippen molar-refractivity contribution in [2.24, 2.45) is 0 Å². The molecule has 1 heterocycles. The maximum absolute atomic E-state index is 4.20. The number of aryl methyl sites for hydroxylation is 1. The number of hydrogen-bond acceptors (Lipinski definition) is 2. The van der Waals surface area contributed by atoms with Crippen molar-refractivity contribution in [3.05, 3.63) is 17.7 Å². The lowest BCUT2D eigenvalue weighted by Crippen LogP contribution is -1.96. The predicted molar refractivity (Wildman–Crippen MR) is 45.6 cm³/mol. The van der Waals surface area contributed by atoms with Crippen LogP contribution in [0.15, 0.2) is 6.33 Å². The molecule has 0 saturated heterocycles. The molecular weight excluding hydrogens is 144 g/mol. The molecule has 0 aliphatic rings. The minimum Gasteiger partial charge on any atom is -0.348 e. The van der Waals surface area contributed by atoms with Gasteiger partial charge in [0.2, 0.25) is 0 Å². The third kappa shape index (κ3) is 1.34. The molecular formula is C7H12N2S. The summed E-state index contributed by atoms with van der Waals surface area (Å²) in [6.07, 6.45) is 1.73. The van der Waals surface area contributed by atoms with Crippen LogP contribution >= 0.6 is 12.6 Å². The van der Waals surface area contributed by atoms with Gasteiger partial charge in [-0.15, -0.1) is 0 Å². The molecule has 0 saturated carbocycles. The summed E-state index contributed by atoms with van der Waals surface area (Å²) in [7, 11) is 0. The summed E-state index contributed by atoms with van der Waals surface area (Å²) in [4.78, 5) is 7.22. The zero-order chi connectivity index (χ0) is 7.56. The number of thiol groups is 1. The van der Waals surface area contributed by atoms with Crippen molar-refractivity contribution in [3.63, 3.8) is 0 Å². The minimum absolute atomic E-state index is 0.453. The van der Waals surface area contributed by atoms with Crippen molar-refractivity contribution in [1.82, 2.24) is 9.97 Å². The second kappa shape index (κ2) is 3.10. The molecule has 1 aromatic heterocycles. The van der Waals surface area contributed by atoms with E-state index in [1.807, 2.05) is 6.92 Å². The molecule has 0 bridgehead atoms. The average Bonchev–Trinajstić information content (AvgIpc) is 2.34. The predicted octanol–water partition coefficient (Wildman–Crippen LogP) is 1.75. The molecule has 1 unspecified atom stereocenters. The maximum Gasteiger partial charge on any atom is 0.0925 e. The molecule has 0 radical (unpaired) electrons. The van der Waals surface area contributed by atoms with Gasteiger partial charge in [0.25, 0.3) is 0 Å². The number of H-pyrrole nitrogens is 1. The van der Waals surface area contributed by atoms with Crippen molar-refractivity contribution in [2.45, 2.75) is 19.8 Å². The lowest BCUT2D eigenvalue weighted by molar-refractivity contribution is 0.837. The molecule has 0 aliphatic heterocycles. The Morgan fingerprint density at radius 2 is 2.50 bits per heavy atom. The van der Waals surface area contributed by atoms with Gasteiger partial charge in [0.05, 0.1) is 12.0 Å². The standard InChI is InChI=1S/C7H12N2S/c1-5(3-10)7-6(2)8-4-9-7/h4-5,10H,3H2,1-2H3,(H,8,9). The molecule has 0 fully saturated rings. The Bertz CT molecular complexity index is 207. The SMILES string of the molecule is Cc1[nH]cnc1C(C)CS. The fraction of sp³-hybridized carbons (Fsp3) is 0.571. The van der Waals surface area contributed by atoms with Crippen LogP contribution < -0.4 is 0 Å². The molecule has 2 nitrogen and oxygen atoms in total. The number of aromatic amines is 1. The van der Waals surface area contributed by atoms with Crippen molar-refractivity contribution in [1.29, 1.82) is 0 Å². The van der Waals surface area contributed by atoms with E-state index in [0.29, 0.717) is 5.92 Å². The van der Waals surface area contributed by atoms with E-state index in [-0.39, 0.29) is 0 Å². The molecule has 0 spiro atoms. The normalized spacial score (nSPS) is 13.5. The molecule has 10 heavy (non-hydrogen) atoms. The van der Waals surface area contributed by atoms with Gasteiger partial charge in [-0.2, -0.15) is 12.6 Å². The number of nitrogens with zero attached hydrogens (tertiary/aromatic N) is 1. The van der Waals surface area contributed by atoms with Crippen molar-refractivity contribution >= 4 is 12.6 Å². The molecule has 3 heteroatoms. The Morgan fingerprint density at radius 1 is 1.80 bits per heavy atom.